The maximum atomic E-state index is 13.0. The highest BCUT2D eigenvalue weighted by Gasteiger charge is 2.45. The summed E-state index contributed by atoms with van der Waals surface area (Å²) in [4.78, 5) is 13.0. The Kier molecular flexibility index (Phi) is 7.31. The lowest BCUT2D eigenvalue weighted by molar-refractivity contribution is -0.118. The van der Waals surface area contributed by atoms with E-state index in [1.807, 2.05) is 0 Å². The first-order valence-corrected chi connectivity index (χ1v) is 12.6. The van der Waals surface area contributed by atoms with Crippen LogP contribution in [0.4, 0.5) is 0 Å². The molecule has 0 saturated heterocycles. The average Bonchev–Trinajstić information content (AvgIpc) is 2.46. The summed E-state index contributed by atoms with van der Waals surface area (Å²) < 4.78 is 0.160. The molecule has 0 aliphatic heterocycles. The van der Waals surface area contributed by atoms with Gasteiger partial charge in [-0.2, -0.15) is 0 Å². The van der Waals surface area contributed by atoms with Crippen molar-refractivity contribution in [3.63, 3.8) is 0 Å². The molecule has 1 nitrogen and oxygen atoms in total. The molecule has 1 aromatic rings. The molecular weight excluding hydrogens is 399 g/mol. The Morgan fingerprint density at radius 1 is 1.18 bits per heavy atom. The molecule has 0 aliphatic carbocycles. The van der Waals surface area contributed by atoms with E-state index in [9.17, 15) is 4.79 Å². The fourth-order valence-electron chi connectivity index (χ4n) is 2.76. The average molecular weight is 430 g/mol. The number of carbonyl (C=O) groups is 1. The zero-order valence-corrected chi connectivity index (χ0v) is 18.1. The number of carbonyl (C=O) groups excluding carboxylic acids is 1. The highest BCUT2D eigenvalue weighted by atomic mass is 127. The van der Waals surface area contributed by atoms with Crippen LogP contribution in [0, 0.1) is 0 Å². The van der Waals surface area contributed by atoms with Gasteiger partial charge in [-0.25, -0.2) is 0 Å². The summed E-state index contributed by atoms with van der Waals surface area (Å²) in [6.07, 6.45) is 2.95. The highest BCUT2D eigenvalue weighted by molar-refractivity contribution is 14.1. The Labute approximate surface area is 151 Å². The number of alkyl halides is 1. The fourth-order valence-corrected chi connectivity index (χ4v) is 6.35. The van der Waals surface area contributed by atoms with Gasteiger partial charge in [0.15, 0.2) is 0 Å². The van der Waals surface area contributed by atoms with E-state index < -0.39 is 8.07 Å². The van der Waals surface area contributed by atoms with Crippen LogP contribution in [-0.4, -0.2) is 17.8 Å². The molecule has 0 radical (unpaired) electrons. The van der Waals surface area contributed by atoms with Crippen molar-refractivity contribution in [2.45, 2.75) is 74.6 Å². The van der Waals surface area contributed by atoms with Crippen molar-refractivity contribution in [1.29, 1.82) is 0 Å². The van der Waals surface area contributed by atoms with E-state index in [4.69, 9.17) is 0 Å². The van der Waals surface area contributed by atoms with E-state index >= 15 is 0 Å². The molecule has 124 valence electrons. The van der Waals surface area contributed by atoms with Gasteiger partial charge in [0.1, 0.15) is 5.78 Å². The first-order valence-electron chi connectivity index (χ1n) is 8.33. The van der Waals surface area contributed by atoms with Crippen molar-refractivity contribution in [2.75, 3.05) is 0 Å². The minimum absolute atomic E-state index is 0.160. The van der Waals surface area contributed by atoms with Crippen LogP contribution < -0.4 is 0 Å². The number of hydrogen-bond acceptors (Lipinski definition) is 1. The summed E-state index contributed by atoms with van der Waals surface area (Å²) in [5.74, 6) is 0.491. The third-order valence-corrected chi connectivity index (χ3v) is 13.1. The molecular formula is C19H31IOSi. The summed E-state index contributed by atoms with van der Waals surface area (Å²) in [5.41, 5.74) is 1.59. The Morgan fingerprint density at radius 3 is 2.18 bits per heavy atom. The van der Waals surface area contributed by atoms with Gasteiger partial charge >= 0.3 is 0 Å². The van der Waals surface area contributed by atoms with Gasteiger partial charge in [-0.05, 0) is 29.9 Å². The van der Waals surface area contributed by atoms with Crippen LogP contribution in [0.2, 0.25) is 23.7 Å². The third-order valence-electron chi connectivity index (χ3n) is 5.38. The first kappa shape index (κ1) is 19.9. The Hall–Kier alpha value is -0.163. The molecule has 0 bridgehead atoms. The van der Waals surface area contributed by atoms with Crippen molar-refractivity contribution in [3.8, 4) is 0 Å². The Balaban J connectivity index is 2.99. The largest absolute Gasteiger partial charge is 0.299 e. The van der Waals surface area contributed by atoms with E-state index in [1.54, 1.807) is 0 Å². The molecule has 0 unspecified atom stereocenters. The molecule has 0 spiro atoms. The van der Waals surface area contributed by atoms with Gasteiger partial charge < -0.3 is 0 Å². The van der Waals surface area contributed by atoms with E-state index in [2.05, 4.69) is 93.7 Å². The van der Waals surface area contributed by atoms with Crippen molar-refractivity contribution in [2.24, 2.45) is 0 Å². The third kappa shape index (κ3) is 4.92. The predicted molar refractivity (Wildman–Crippen MR) is 109 cm³/mol. The second-order valence-electron chi connectivity index (χ2n) is 7.83. The van der Waals surface area contributed by atoms with Crippen LogP contribution >= 0.6 is 22.6 Å². The molecule has 2 atom stereocenters. The van der Waals surface area contributed by atoms with Crippen molar-refractivity contribution in [3.05, 3.63) is 35.9 Å². The van der Waals surface area contributed by atoms with Gasteiger partial charge in [-0.15, -0.1) is 0 Å². The lowest BCUT2D eigenvalue weighted by atomic mass is 10.0. The first-order chi connectivity index (χ1) is 10.1. The molecule has 0 N–H and O–H groups in total. The summed E-state index contributed by atoms with van der Waals surface area (Å²) in [5, 5.41) is 0.244. The van der Waals surface area contributed by atoms with Gasteiger partial charge in [0, 0.05) is 5.54 Å². The molecule has 22 heavy (non-hydrogen) atoms. The molecule has 3 heteroatoms. The monoisotopic (exact) mass is 430 g/mol. The van der Waals surface area contributed by atoms with Crippen LogP contribution in [0.5, 0.6) is 0 Å². The maximum absolute atomic E-state index is 13.0. The molecule has 0 fully saturated rings. The second-order valence-corrected chi connectivity index (χ2v) is 15.0. The summed E-state index contributed by atoms with van der Waals surface area (Å²) in [6, 6.07) is 10.6. The van der Waals surface area contributed by atoms with Crippen LogP contribution in [0.25, 0.3) is 0 Å². The number of rotatable bonds is 7. The SMILES string of the molecule is CC[C@@H](I)C(=O)[C@@H](CCc1ccccc1)[Si](C)(C)C(C)(C)C. The number of benzene rings is 1. The van der Waals surface area contributed by atoms with Gasteiger partial charge in [0.2, 0.25) is 0 Å². The van der Waals surface area contributed by atoms with E-state index in [0.717, 1.165) is 19.3 Å². The summed E-state index contributed by atoms with van der Waals surface area (Å²) >= 11 is 2.34. The fraction of sp³-hybridized carbons (Fsp3) is 0.632. The van der Waals surface area contributed by atoms with Gasteiger partial charge in [0.05, 0.1) is 12.0 Å². The van der Waals surface area contributed by atoms with E-state index in [0.29, 0.717) is 5.78 Å². The van der Waals surface area contributed by atoms with Gasteiger partial charge in [0.25, 0.3) is 0 Å². The van der Waals surface area contributed by atoms with Crippen molar-refractivity contribution >= 4 is 36.4 Å². The number of hydrogen-bond donors (Lipinski definition) is 0. The molecule has 1 rings (SSSR count). The molecule has 0 heterocycles. The molecule has 0 aromatic heterocycles. The molecule has 1 aromatic carbocycles. The molecule has 0 aliphatic rings. The summed E-state index contributed by atoms with van der Waals surface area (Å²) in [7, 11) is -1.68. The quantitative estimate of drug-likeness (QED) is 0.283. The van der Waals surface area contributed by atoms with E-state index in [1.165, 1.54) is 5.56 Å². The van der Waals surface area contributed by atoms with Gasteiger partial charge in [-0.3, -0.25) is 4.79 Å². The second kappa shape index (κ2) is 8.09. The van der Waals surface area contributed by atoms with Crippen LogP contribution in [0.3, 0.4) is 0 Å². The van der Waals surface area contributed by atoms with Gasteiger partial charge in [-0.1, -0.05) is 93.7 Å². The normalized spacial score (nSPS) is 15.4. The molecule has 0 amide bonds. The maximum Gasteiger partial charge on any atom is 0.146 e. The number of halogens is 1. The predicted octanol–water partition coefficient (Wildman–Crippen LogP) is 6.28. The molecule has 0 saturated carbocycles. The van der Waals surface area contributed by atoms with Crippen LogP contribution in [-0.2, 0) is 11.2 Å². The van der Waals surface area contributed by atoms with Crippen molar-refractivity contribution in [1.82, 2.24) is 0 Å². The number of Topliss-reactive ketones (excluding diaryl/α,β-unsaturated/α-hetero) is 1. The number of ketones is 1. The zero-order chi connectivity index (χ0) is 17.0. The number of aryl methyl sites for hydroxylation is 1. The lowest BCUT2D eigenvalue weighted by Crippen LogP contribution is -2.47. The smallest absolute Gasteiger partial charge is 0.146 e. The van der Waals surface area contributed by atoms with E-state index in [-0.39, 0.29) is 14.5 Å². The van der Waals surface area contributed by atoms with Crippen LogP contribution in [0.15, 0.2) is 30.3 Å². The zero-order valence-electron chi connectivity index (χ0n) is 14.9. The standard InChI is InChI=1S/C19H31IOSi/c1-7-16(20)18(21)17(22(5,6)19(2,3)4)14-13-15-11-9-8-10-12-15/h8-12,16-17H,7,13-14H2,1-6H3/t16-,17-/m1/s1. The van der Waals surface area contributed by atoms with Crippen LogP contribution in [0.1, 0.15) is 46.1 Å². The summed E-state index contributed by atoms with van der Waals surface area (Å²) in [6.45, 7) is 13.9. The Bertz CT molecular complexity index is 476. The Morgan fingerprint density at radius 2 is 1.73 bits per heavy atom. The van der Waals surface area contributed by atoms with Crippen molar-refractivity contribution < 1.29 is 4.79 Å². The minimum Gasteiger partial charge on any atom is -0.299 e. The topological polar surface area (TPSA) is 17.1 Å². The minimum atomic E-state index is -1.68. The highest BCUT2D eigenvalue weighted by Crippen LogP contribution is 2.46. The lowest BCUT2D eigenvalue weighted by Gasteiger charge is -2.43.